The van der Waals surface area contributed by atoms with E-state index in [0.29, 0.717) is 0 Å². The number of nitrogens with one attached hydrogen (secondary N) is 1. The van der Waals surface area contributed by atoms with Crippen molar-refractivity contribution in [3.8, 4) is 0 Å². The van der Waals surface area contributed by atoms with E-state index < -0.39 is 0 Å². The second kappa shape index (κ2) is 8.39. The molecule has 0 heterocycles. The van der Waals surface area contributed by atoms with Gasteiger partial charge in [0, 0.05) is 6.04 Å². The molecule has 1 unspecified atom stereocenters. The molecule has 108 valence electrons. The van der Waals surface area contributed by atoms with Crippen molar-refractivity contribution in [3.63, 3.8) is 0 Å². The van der Waals surface area contributed by atoms with Gasteiger partial charge < -0.3 is 10.1 Å². The number of carbonyl (C=O) groups excluding carboxylic acids is 1. The minimum absolute atomic E-state index is 0.0750. The first-order valence-electron chi connectivity index (χ1n) is 7.37. The normalized spacial score (nSPS) is 18.3. The van der Waals surface area contributed by atoms with E-state index in [9.17, 15) is 4.79 Å². The first-order valence-corrected chi connectivity index (χ1v) is 7.37. The summed E-state index contributed by atoms with van der Waals surface area (Å²) >= 11 is 0. The van der Waals surface area contributed by atoms with Gasteiger partial charge in [-0.2, -0.15) is 0 Å². The molecule has 18 heavy (non-hydrogen) atoms. The Morgan fingerprint density at radius 1 is 1.17 bits per heavy atom. The van der Waals surface area contributed by atoms with Crippen LogP contribution in [-0.2, 0) is 4.74 Å². The van der Waals surface area contributed by atoms with Crippen LogP contribution in [0.25, 0.3) is 0 Å². The number of ether oxygens (including phenoxy) is 1. The number of hydrogen-bond donors (Lipinski definition) is 1. The molecule has 0 aliphatic heterocycles. The van der Waals surface area contributed by atoms with Crippen molar-refractivity contribution >= 4 is 6.09 Å². The quantitative estimate of drug-likeness (QED) is 0.790. The van der Waals surface area contributed by atoms with Gasteiger partial charge in [0.25, 0.3) is 0 Å². The lowest BCUT2D eigenvalue weighted by Gasteiger charge is -2.29. The van der Waals surface area contributed by atoms with Gasteiger partial charge in [0.2, 0.25) is 0 Å². The fraction of sp³-hybridized carbons (Fsp3) is 0.933. The number of alkyl carbamates (subject to hydrolysis) is 1. The Balaban J connectivity index is 0.00000137. The summed E-state index contributed by atoms with van der Waals surface area (Å²) in [6.07, 6.45) is 5.59. The van der Waals surface area contributed by atoms with E-state index in [0.717, 1.165) is 12.8 Å². The van der Waals surface area contributed by atoms with Crippen molar-refractivity contribution in [2.75, 3.05) is 0 Å². The van der Waals surface area contributed by atoms with Crippen molar-refractivity contribution in [2.24, 2.45) is 5.41 Å². The predicted molar refractivity (Wildman–Crippen MR) is 76.8 cm³/mol. The van der Waals surface area contributed by atoms with E-state index in [1.165, 1.54) is 19.3 Å². The molecular formula is C15H31NO2. The molecule has 0 aromatic carbocycles. The lowest BCUT2D eigenvalue weighted by atomic mass is 9.88. The van der Waals surface area contributed by atoms with Crippen molar-refractivity contribution in [2.45, 2.75) is 85.8 Å². The Bertz CT molecular complexity index is 227. The highest BCUT2D eigenvalue weighted by Gasteiger charge is 2.24. The van der Waals surface area contributed by atoms with Crippen LogP contribution in [0, 0.1) is 5.41 Å². The third-order valence-corrected chi connectivity index (χ3v) is 3.46. The van der Waals surface area contributed by atoms with E-state index in [-0.39, 0.29) is 23.7 Å². The first-order chi connectivity index (χ1) is 8.39. The van der Waals surface area contributed by atoms with E-state index in [2.05, 4.69) is 26.1 Å². The Morgan fingerprint density at radius 2 is 1.67 bits per heavy atom. The molecular weight excluding hydrogens is 226 g/mol. The minimum atomic E-state index is -0.255. The summed E-state index contributed by atoms with van der Waals surface area (Å²) < 4.78 is 5.41. The molecule has 0 bridgehead atoms. The van der Waals surface area contributed by atoms with Crippen molar-refractivity contribution in [1.29, 1.82) is 0 Å². The molecule has 1 atom stereocenters. The van der Waals surface area contributed by atoms with Gasteiger partial charge in [-0.15, -0.1) is 0 Å². The molecule has 1 amide bonds. The molecule has 1 fully saturated rings. The molecule has 0 spiro atoms. The summed E-state index contributed by atoms with van der Waals surface area (Å²) in [5.74, 6) is 0. The maximum absolute atomic E-state index is 11.6. The van der Waals surface area contributed by atoms with Crippen molar-refractivity contribution in [1.82, 2.24) is 5.32 Å². The molecule has 3 nitrogen and oxygen atoms in total. The van der Waals surface area contributed by atoms with E-state index >= 15 is 0 Å². The van der Waals surface area contributed by atoms with Crippen LogP contribution in [0.2, 0.25) is 0 Å². The van der Waals surface area contributed by atoms with Crippen LogP contribution < -0.4 is 5.32 Å². The van der Waals surface area contributed by atoms with Gasteiger partial charge in [-0.25, -0.2) is 4.79 Å². The number of carbonyl (C=O) groups is 1. The van der Waals surface area contributed by atoms with E-state index in [1.807, 2.05) is 20.8 Å². The summed E-state index contributed by atoms with van der Waals surface area (Å²) in [4.78, 5) is 11.6. The third-order valence-electron chi connectivity index (χ3n) is 3.46. The smallest absolute Gasteiger partial charge is 0.407 e. The standard InChI is InChI=1S/C13H25NO2.C2H6/c1-10(13(2,3)4)14-12(15)16-11-8-6-5-7-9-11;1-2/h10-11H,5-9H2,1-4H3,(H,14,15);1-2H3. The van der Waals surface area contributed by atoms with Gasteiger partial charge in [-0.3, -0.25) is 0 Å². The highest BCUT2D eigenvalue weighted by molar-refractivity contribution is 5.67. The zero-order chi connectivity index (χ0) is 14.2. The van der Waals surface area contributed by atoms with Crippen LogP contribution >= 0.6 is 0 Å². The fourth-order valence-electron chi connectivity index (χ4n) is 1.76. The van der Waals surface area contributed by atoms with Gasteiger partial charge in [0.05, 0.1) is 0 Å². The molecule has 3 heteroatoms. The molecule has 0 aromatic rings. The molecule has 0 radical (unpaired) electrons. The van der Waals surface area contributed by atoms with Crippen LogP contribution in [0.15, 0.2) is 0 Å². The Labute approximate surface area is 113 Å². The van der Waals surface area contributed by atoms with Crippen LogP contribution in [-0.4, -0.2) is 18.2 Å². The molecule has 1 aliphatic carbocycles. The summed E-state index contributed by atoms with van der Waals surface area (Å²) in [6.45, 7) is 12.3. The van der Waals surface area contributed by atoms with E-state index in [1.54, 1.807) is 0 Å². The van der Waals surface area contributed by atoms with Crippen LogP contribution in [0.1, 0.15) is 73.6 Å². The third kappa shape index (κ3) is 6.87. The Hall–Kier alpha value is -0.730. The van der Waals surface area contributed by atoms with Gasteiger partial charge in [0.15, 0.2) is 0 Å². The Kier molecular flexibility index (Phi) is 8.05. The van der Waals surface area contributed by atoms with Gasteiger partial charge in [-0.1, -0.05) is 41.0 Å². The fourth-order valence-corrected chi connectivity index (χ4v) is 1.76. The number of hydrogen-bond acceptors (Lipinski definition) is 2. The first kappa shape index (κ1) is 17.3. The van der Waals surface area contributed by atoms with Gasteiger partial charge in [0.1, 0.15) is 6.10 Å². The zero-order valence-electron chi connectivity index (χ0n) is 13.0. The maximum Gasteiger partial charge on any atom is 0.407 e. The average Bonchev–Trinajstić information content (AvgIpc) is 2.31. The molecule has 0 aromatic heterocycles. The number of rotatable bonds is 2. The second-order valence-corrected chi connectivity index (χ2v) is 5.90. The topological polar surface area (TPSA) is 38.3 Å². The van der Waals surface area contributed by atoms with Crippen molar-refractivity contribution < 1.29 is 9.53 Å². The Morgan fingerprint density at radius 3 is 2.11 bits per heavy atom. The van der Waals surface area contributed by atoms with Crippen molar-refractivity contribution in [3.05, 3.63) is 0 Å². The maximum atomic E-state index is 11.6. The van der Waals surface area contributed by atoms with Crippen LogP contribution in [0.5, 0.6) is 0 Å². The predicted octanol–water partition coefficient (Wildman–Crippen LogP) is 4.51. The molecule has 0 saturated heterocycles. The molecule has 1 aliphatic rings. The molecule has 1 rings (SSSR count). The summed E-state index contributed by atoms with van der Waals surface area (Å²) in [5.41, 5.74) is 0.0750. The average molecular weight is 257 g/mol. The highest BCUT2D eigenvalue weighted by Crippen LogP contribution is 2.21. The van der Waals surface area contributed by atoms with E-state index in [4.69, 9.17) is 4.74 Å². The summed E-state index contributed by atoms with van der Waals surface area (Å²) in [6, 6.07) is 0.128. The summed E-state index contributed by atoms with van der Waals surface area (Å²) in [5, 5.41) is 2.91. The SMILES string of the molecule is CC.CC(NC(=O)OC1CCCCC1)C(C)(C)C. The van der Waals surface area contributed by atoms with Gasteiger partial charge >= 0.3 is 6.09 Å². The zero-order valence-corrected chi connectivity index (χ0v) is 13.0. The monoisotopic (exact) mass is 257 g/mol. The van der Waals surface area contributed by atoms with Crippen LogP contribution in [0.3, 0.4) is 0 Å². The second-order valence-electron chi connectivity index (χ2n) is 5.90. The summed E-state index contributed by atoms with van der Waals surface area (Å²) in [7, 11) is 0. The van der Waals surface area contributed by atoms with Crippen LogP contribution in [0.4, 0.5) is 4.79 Å². The molecule has 1 N–H and O–H groups in total. The lowest BCUT2D eigenvalue weighted by Crippen LogP contribution is -2.43. The largest absolute Gasteiger partial charge is 0.446 e. The lowest BCUT2D eigenvalue weighted by molar-refractivity contribution is 0.0692. The minimum Gasteiger partial charge on any atom is -0.446 e. The van der Waals surface area contributed by atoms with Gasteiger partial charge in [-0.05, 0) is 38.0 Å². The highest BCUT2D eigenvalue weighted by atomic mass is 16.6. The molecule has 1 saturated carbocycles. The number of amides is 1.